The third kappa shape index (κ3) is 2.81. The molecule has 0 unspecified atom stereocenters. The maximum atomic E-state index is 12.9. The van der Waals surface area contributed by atoms with Crippen LogP contribution in [-0.4, -0.2) is 11.1 Å². The van der Waals surface area contributed by atoms with Crippen LogP contribution in [0, 0.1) is 5.82 Å². The lowest BCUT2D eigenvalue weighted by molar-refractivity contribution is 0.0697. The average molecular weight is 231 g/mol. The lowest BCUT2D eigenvalue weighted by Crippen LogP contribution is -1.96. The summed E-state index contributed by atoms with van der Waals surface area (Å²) in [4.78, 5) is 10.6. The fourth-order valence-corrected chi connectivity index (χ4v) is 1.43. The molecule has 0 aliphatic heterocycles. The molecule has 0 radical (unpaired) electrons. The molecule has 4 heteroatoms. The van der Waals surface area contributed by atoms with Gasteiger partial charge in [-0.2, -0.15) is 0 Å². The first-order valence-corrected chi connectivity index (χ1v) is 5.01. The van der Waals surface area contributed by atoms with Gasteiger partial charge in [0.15, 0.2) is 0 Å². The third-order valence-electron chi connectivity index (χ3n) is 2.25. The fourth-order valence-electron chi connectivity index (χ4n) is 1.43. The Morgan fingerprint density at radius 1 is 1.06 bits per heavy atom. The van der Waals surface area contributed by atoms with Crippen LogP contribution in [-0.2, 0) is 0 Å². The Morgan fingerprint density at radius 2 is 1.76 bits per heavy atom. The molecule has 2 N–H and O–H groups in total. The highest BCUT2D eigenvalue weighted by atomic mass is 19.1. The van der Waals surface area contributed by atoms with Crippen molar-refractivity contribution in [3.8, 4) is 0 Å². The number of benzene rings is 2. The van der Waals surface area contributed by atoms with Crippen molar-refractivity contribution in [3.63, 3.8) is 0 Å². The SMILES string of the molecule is O=C(O)c1ccc(Nc2cccc(F)c2)cc1. The number of carbonyl (C=O) groups is 1. The second-order valence-electron chi connectivity index (χ2n) is 3.52. The van der Waals surface area contributed by atoms with E-state index in [1.165, 1.54) is 24.3 Å². The molecule has 0 bridgehead atoms. The lowest BCUT2D eigenvalue weighted by Gasteiger charge is -2.06. The highest BCUT2D eigenvalue weighted by molar-refractivity contribution is 5.88. The van der Waals surface area contributed by atoms with Crippen LogP contribution in [0.15, 0.2) is 48.5 Å². The van der Waals surface area contributed by atoms with Gasteiger partial charge in [-0.1, -0.05) is 6.07 Å². The van der Waals surface area contributed by atoms with Gasteiger partial charge in [-0.3, -0.25) is 0 Å². The summed E-state index contributed by atoms with van der Waals surface area (Å²) in [5, 5.41) is 11.7. The molecule has 2 aromatic rings. The highest BCUT2D eigenvalue weighted by Crippen LogP contribution is 2.17. The van der Waals surface area contributed by atoms with Crippen molar-refractivity contribution >= 4 is 17.3 Å². The average Bonchev–Trinajstić information content (AvgIpc) is 2.29. The van der Waals surface area contributed by atoms with E-state index in [0.717, 1.165) is 0 Å². The van der Waals surface area contributed by atoms with E-state index >= 15 is 0 Å². The number of aromatic carboxylic acids is 1. The third-order valence-corrected chi connectivity index (χ3v) is 2.25. The normalized spacial score (nSPS) is 9.94. The zero-order valence-corrected chi connectivity index (χ0v) is 8.85. The minimum atomic E-state index is -0.970. The minimum absolute atomic E-state index is 0.217. The number of hydrogen-bond donors (Lipinski definition) is 2. The number of carboxylic acids is 1. The summed E-state index contributed by atoms with van der Waals surface area (Å²) in [5.41, 5.74) is 1.54. The number of halogens is 1. The van der Waals surface area contributed by atoms with Gasteiger partial charge in [0.1, 0.15) is 5.82 Å². The summed E-state index contributed by atoms with van der Waals surface area (Å²) in [6, 6.07) is 12.3. The van der Waals surface area contributed by atoms with E-state index in [1.54, 1.807) is 24.3 Å². The van der Waals surface area contributed by atoms with Crippen LogP contribution in [0.2, 0.25) is 0 Å². The number of rotatable bonds is 3. The predicted octanol–water partition coefficient (Wildman–Crippen LogP) is 3.27. The van der Waals surface area contributed by atoms with Gasteiger partial charge in [0.05, 0.1) is 5.56 Å². The number of hydrogen-bond acceptors (Lipinski definition) is 2. The van der Waals surface area contributed by atoms with Crippen LogP contribution in [0.3, 0.4) is 0 Å². The van der Waals surface area contributed by atoms with E-state index in [9.17, 15) is 9.18 Å². The van der Waals surface area contributed by atoms with E-state index in [0.29, 0.717) is 11.4 Å². The van der Waals surface area contributed by atoms with E-state index in [-0.39, 0.29) is 11.4 Å². The van der Waals surface area contributed by atoms with E-state index in [4.69, 9.17) is 5.11 Å². The van der Waals surface area contributed by atoms with Crippen molar-refractivity contribution in [3.05, 3.63) is 59.9 Å². The molecule has 0 atom stereocenters. The van der Waals surface area contributed by atoms with Crippen molar-refractivity contribution in [1.29, 1.82) is 0 Å². The van der Waals surface area contributed by atoms with Crippen LogP contribution < -0.4 is 5.32 Å². The number of nitrogens with one attached hydrogen (secondary N) is 1. The maximum Gasteiger partial charge on any atom is 0.335 e. The Bertz CT molecular complexity index is 537. The molecule has 0 saturated heterocycles. The molecule has 0 aromatic heterocycles. The van der Waals surface area contributed by atoms with Crippen LogP contribution in [0.4, 0.5) is 15.8 Å². The Labute approximate surface area is 97.5 Å². The van der Waals surface area contributed by atoms with Gasteiger partial charge in [0, 0.05) is 11.4 Å². The van der Waals surface area contributed by atoms with Gasteiger partial charge < -0.3 is 10.4 Å². The van der Waals surface area contributed by atoms with Crippen molar-refractivity contribution in [2.45, 2.75) is 0 Å². The van der Waals surface area contributed by atoms with E-state index < -0.39 is 5.97 Å². The molecule has 0 saturated carbocycles. The Hall–Kier alpha value is -2.36. The summed E-state index contributed by atoms with van der Waals surface area (Å²) in [6.07, 6.45) is 0. The minimum Gasteiger partial charge on any atom is -0.478 e. The van der Waals surface area contributed by atoms with Gasteiger partial charge in [-0.25, -0.2) is 9.18 Å². The second-order valence-corrected chi connectivity index (χ2v) is 3.52. The standard InChI is InChI=1S/C13H10FNO2/c14-10-2-1-3-12(8-10)15-11-6-4-9(5-7-11)13(16)17/h1-8,15H,(H,16,17). The van der Waals surface area contributed by atoms with Gasteiger partial charge in [-0.15, -0.1) is 0 Å². The lowest BCUT2D eigenvalue weighted by atomic mass is 10.2. The molecule has 0 aliphatic rings. The van der Waals surface area contributed by atoms with Crippen molar-refractivity contribution in [2.24, 2.45) is 0 Å². The zero-order chi connectivity index (χ0) is 12.3. The summed E-state index contributed by atoms with van der Waals surface area (Å²) in [5.74, 6) is -1.29. The molecule has 0 amide bonds. The fraction of sp³-hybridized carbons (Fsp3) is 0. The van der Waals surface area contributed by atoms with Gasteiger partial charge in [0.25, 0.3) is 0 Å². The molecular formula is C13H10FNO2. The molecule has 3 nitrogen and oxygen atoms in total. The zero-order valence-electron chi connectivity index (χ0n) is 8.85. The van der Waals surface area contributed by atoms with Crippen LogP contribution in [0.5, 0.6) is 0 Å². The first kappa shape index (κ1) is 11.1. The van der Waals surface area contributed by atoms with Crippen molar-refractivity contribution in [2.75, 3.05) is 5.32 Å². The first-order valence-electron chi connectivity index (χ1n) is 5.01. The van der Waals surface area contributed by atoms with Crippen LogP contribution >= 0.6 is 0 Å². The quantitative estimate of drug-likeness (QED) is 0.852. The molecular weight excluding hydrogens is 221 g/mol. The van der Waals surface area contributed by atoms with Gasteiger partial charge in [0.2, 0.25) is 0 Å². The van der Waals surface area contributed by atoms with Crippen molar-refractivity contribution < 1.29 is 14.3 Å². The summed E-state index contributed by atoms with van der Waals surface area (Å²) < 4.78 is 12.9. The van der Waals surface area contributed by atoms with E-state index in [1.807, 2.05) is 0 Å². The van der Waals surface area contributed by atoms with Crippen LogP contribution in [0.25, 0.3) is 0 Å². The summed E-state index contributed by atoms with van der Waals surface area (Å²) >= 11 is 0. The topological polar surface area (TPSA) is 49.3 Å². The first-order chi connectivity index (χ1) is 8.15. The largest absolute Gasteiger partial charge is 0.478 e. The monoisotopic (exact) mass is 231 g/mol. The molecule has 17 heavy (non-hydrogen) atoms. The molecule has 86 valence electrons. The molecule has 0 fully saturated rings. The Morgan fingerprint density at radius 3 is 2.35 bits per heavy atom. The predicted molar refractivity (Wildman–Crippen MR) is 63.1 cm³/mol. The molecule has 2 rings (SSSR count). The van der Waals surface area contributed by atoms with Gasteiger partial charge in [-0.05, 0) is 42.5 Å². The summed E-state index contributed by atoms with van der Waals surface area (Å²) in [7, 11) is 0. The van der Waals surface area contributed by atoms with Crippen molar-refractivity contribution in [1.82, 2.24) is 0 Å². The molecule has 2 aromatic carbocycles. The molecule has 0 heterocycles. The molecule has 0 aliphatic carbocycles. The number of carboxylic acid groups (broad SMARTS) is 1. The number of anilines is 2. The second kappa shape index (κ2) is 4.65. The summed E-state index contributed by atoms with van der Waals surface area (Å²) in [6.45, 7) is 0. The van der Waals surface area contributed by atoms with Crippen LogP contribution in [0.1, 0.15) is 10.4 Å². The molecule has 0 spiro atoms. The Balaban J connectivity index is 2.16. The van der Waals surface area contributed by atoms with E-state index in [2.05, 4.69) is 5.32 Å². The van der Waals surface area contributed by atoms with Gasteiger partial charge >= 0.3 is 5.97 Å². The smallest absolute Gasteiger partial charge is 0.335 e. The Kier molecular flexibility index (Phi) is 3.05. The maximum absolute atomic E-state index is 12.9. The highest BCUT2D eigenvalue weighted by Gasteiger charge is 2.01.